The fraction of sp³-hybridized carbons (Fsp3) is 0.227. The third-order valence-corrected chi connectivity index (χ3v) is 5.96. The van der Waals surface area contributed by atoms with Gasteiger partial charge in [0.15, 0.2) is 5.76 Å². The van der Waals surface area contributed by atoms with Gasteiger partial charge in [-0.05, 0) is 67.4 Å². The second-order valence-corrected chi connectivity index (χ2v) is 8.35. The van der Waals surface area contributed by atoms with Crippen molar-refractivity contribution in [3.05, 3.63) is 84.1 Å². The Labute approximate surface area is 175 Å². The molecule has 1 atom stereocenters. The smallest absolute Gasteiger partial charge is 0.339 e. The molecule has 6 nitrogen and oxygen atoms in total. The SMILES string of the molecule is CCC(C)N(Cc1ccc(OS(=O)(=O)c2ccc(F)cc2)cc1)C(=O)c1ccco1. The quantitative estimate of drug-likeness (QED) is 0.486. The highest BCUT2D eigenvalue weighted by Gasteiger charge is 2.23. The molecule has 2 aromatic carbocycles. The van der Waals surface area contributed by atoms with Crippen LogP contribution in [-0.4, -0.2) is 25.3 Å². The first kappa shape index (κ1) is 21.6. The molecule has 3 aromatic rings. The molecule has 0 saturated carbocycles. The van der Waals surface area contributed by atoms with Crippen LogP contribution in [0.15, 0.2) is 76.2 Å². The van der Waals surface area contributed by atoms with E-state index in [0.29, 0.717) is 6.54 Å². The van der Waals surface area contributed by atoms with E-state index in [-0.39, 0.29) is 28.4 Å². The Morgan fingerprint density at radius 2 is 1.77 bits per heavy atom. The third-order valence-electron chi connectivity index (χ3n) is 4.70. The van der Waals surface area contributed by atoms with Crippen LogP contribution >= 0.6 is 0 Å². The Hall–Kier alpha value is -3.13. The Morgan fingerprint density at radius 1 is 1.10 bits per heavy atom. The fourth-order valence-electron chi connectivity index (χ4n) is 2.81. The summed E-state index contributed by atoms with van der Waals surface area (Å²) in [7, 11) is -4.07. The summed E-state index contributed by atoms with van der Waals surface area (Å²) in [5.74, 6) is -0.363. The van der Waals surface area contributed by atoms with Crippen molar-refractivity contribution < 1.29 is 26.2 Å². The van der Waals surface area contributed by atoms with Gasteiger partial charge in [-0.2, -0.15) is 8.42 Å². The minimum Gasteiger partial charge on any atom is -0.459 e. The van der Waals surface area contributed by atoms with E-state index in [1.165, 1.54) is 18.4 Å². The number of furan rings is 1. The lowest BCUT2D eigenvalue weighted by atomic mass is 10.1. The van der Waals surface area contributed by atoms with Crippen molar-refractivity contribution in [2.45, 2.75) is 37.8 Å². The second kappa shape index (κ2) is 9.13. The largest absolute Gasteiger partial charge is 0.459 e. The lowest BCUT2D eigenvalue weighted by Crippen LogP contribution is -2.37. The first-order valence-corrected chi connectivity index (χ1v) is 10.8. The molecule has 0 saturated heterocycles. The van der Waals surface area contributed by atoms with E-state index >= 15 is 0 Å². The van der Waals surface area contributed by atoms with Gasteiger partial charge in [0.05, 0.1) is 6.26 Å². The minimum atomic E-state index is -4.07. The highest BCUT2D eigenvalue weighted by atomic mass is 32.2. The van der Waals surface area contributed by atoms with Crippen LogP contribution in [0.2, 0.25) is 0 Å². The average Bonchev–Trinajstić information content (AvgIpc) is 3.27. The summed E-state index contributed by atoms with van der Waals surface area (Å²) in [4.78, 5) is 14.3. The van der Waals surface area contributed by atoms with Crippen LogP contribution in [0.5, 0.6) is 5.75 Å². The molecule has 158 valence electrons. The molecule has 30 heavy (non-hydrogen) atoms. The molecule has 3 rings (SSSR count). The van der Waals surface area contributed by atoms with Gasteiger partial charge in [0.25, 0.3) is 5.91 Å². The van der Waals surface area contributed by atoms with E-state index < -0.39 is 15.9 Å². The third kappa shape index (κ3) is 5.07. The lowest BCUT2D eigenvalue weighted by molar-refractivity contribution is 0.0638. The Morgan fingerprint density at radius 3 is 2.33 bits per heavy atom. The van der Waals surface area contributed by atoms with Gasteiger partial charge in [-0.3, -0.25) is 4.79 Å². The van der Waals surface area contributed by atoms with E-state index in [4.69, 9.17) is 8.60 Å². The fourth-order valence-corrected chi connectivity index (χ4v) is 3.74. The predicted molar refractivity (Wildman–Crippen MR) is 109 cm³/mol. The molecule has 0 radical (unpaired) electrons. The Bertz CT molecular complexity index is 1080. The number of hydrogen-bond donors (Lipinski definition) is 0. The Kier molecular flexibility index (Phi) is 6.56. The number of rotatable bonds is 8. The predicted octanol–water partition coefficient (Wildman–Crippen LogP) is 4.63. The number of hydrogen-bond acceptors (Lipinski definition) is 5. The lowest BCUT2D eigenvalue weighted by Gasteiger charge is -2.28. The summed E-state index contributed by atoms with van der Waals surface area (Å²) in [5, 5.41) is 0. The second-order valence-electron chi connectivity index (χ2n) is 6.80. The van der Waals surface area contributed by atoms with Crippen molar-refractivity contribution in [1.29, 1.82) is 0 Å². The molecule has 0 aliphatic heterocycles. The van der Waals surface area contributed by atoms with Crippen molar-refractivity contribution in [2.24, 2.45) is 0 Å². The monoisotopic (exact) mass is 431 g/mol. The summed E-state index contributed by atoms with van der Waals surface area (Å²) < 4.78 is 48.0. The van der Waals surface area contributed by atoms with Crippen molar-refractivity contribution in [1.82, 2.24) is 4.90 Å². The van der Waals surface area contributed by atoms with E-state index in [2.05, 4.69) is 0 Å². The van der Waals surface area contributed by atoms with Crippen LogP contribution in [-0.2, 0) is 16.7 Å². The molecule has 0 aliphatic carbocycles. The zero-order valence-electron chi connectivity index (χ0n) is 16.6. The maximum atomic E-state index is 13.0. The zero-order valence-corrected chi connectivity index (χ0v) is 17.4. The number of amides is 1. The summed E-state index contributed by atoms with van der Waals surface area (Å²) in [5.41, 5.74) is 0.807. The summed E-state index contributed by atoms with van der Waals surface area (Å²) in [6.45, 7) is 4.28. The van der Waals surface area contributed by atoms with Gasteiger partial charge in [0.1, 0.15) is 16.5 Å². The van der Waals surface area contributed by atoms with Crippen LogP contribution in [0, 0.1) is 5.82 Å². The first-order chi connectivity index (χ1) is 14.3. The van der Waals surface area contributed by atoms with Gasteiger partial charge in [0.2, 0.25) is 0 Å². The number of carbonyl (C=O) groups is 1. The molecular weight excluding hydrogens is 409 g/mol. The molecule has 0 bridgehead atoms. The number of halogens is 1. The molecule has 0 spiro atoms. The topological polar surface area (TPSA) is 76.8 Å². The van der Waals surface area contributed by atoms with Gasteiger partial charge < -0.3 is 13.5 Å². The molecule has 1 aromatic heterocycles. The van der Waals surface area contributed by atoms with Crippen molar-refractivity contribution >= 4 is 16.0 Å². The molecule has 0 fully saturated rings. The molecule has 1 heterocycles. The maximum absolute atomic E-state index is 13.0. The van der Waals surface area contributed by atoms with Gasteiger partial charge in [-0.15, -0.1) is 0 Å². The van der Waals surface area contributed by atoms with Crippen molar-refractivity contribution in [2.75, 3.05) is 0 Å². The Balaban J connectivity index is 1.74. The maximum Gasteiger partial charge on any atom is 0.339 e. The van der Waals surface area contributed by atoms with Gasteiger partial charge in [-0.25, -0.2) is 4.39 Å². The summed E-state index contributed by atoms with van der Waals surface area (Å²) in [6, 6.07) is 14.1. The summed E-state index contributed by atoms with van der Waals surface area (Å²) >= 11 is 0. The van der Waals surface area contributed by atoms with Crippen LogP contribution in [0.3, 0.4) is 0 Å². The van der Waals surface area contributed by atoms with Crippen molar-refractivity contribution in [3.63, 3.8) is 0 Å². The normalized spacial score (nSPS) is 12.4. The van der Waals surface area contributed by atoms with Gasteiger partial charge >= 0.3 is 10.1 Å². The number of benzene rings is 2. The minimum absolute atomic E-state index is 0.0163. The number of nitrogens with zero attached hydrogens (tertiary/aromatic N) is 1. The van der Waals surface area contributed by atoms with E-state index in [1.54, 1.807) is 29.2 Å². The highest BCUT2D eigenvalue weighted by Crippen LogP contribution is 2.21. The molecule has 8 heteroatoms. The van der Waals surface area contributed by atoms with Crippen LogP contribution in [0.1, 0.15) is 36.4 Å². The molecule has 0 N–H and O–H groups in total. The van der Waals surface area contributed by atoms with E-state index in [0.717, 1.165) is 36.2 Å². The van der Waals surface area contributed by atoms with Gasteiger partial charge in [-0.1, -0.05) is 19.1 Å². The van der Waals surface area contributed by atoms with Crippen LogP contribution in [0.4, 0.5) is 4.39 Å². The van der Waals surface area contributed by atoms with E-state index in [1.807, 2.05) is 13.8 Å². The first-order valence-electron chi connectivity index (χ1n) is 9.43. The number of carbonyl (C=O) groups excluding carboxylic acids is 1. The van der Waals surface area contributed by atoms with Crippen LogP contribution < -0.4 is 4.18 Å². The van der Waals surface area contributed by atoms with E-state index in [9.17, 15) is 17.6 Å². The van der Waals surface area contributed by atoms with Crippen molar-refractivity contribution in [3.8, 4) is 5.75 Å². The highest BCUT2D eigenvalue weighted by molar-refractivity contribution is 7.87. The average molecular weight is 431 g/mol. The molecular formula is C22H22FNO5S. The molecule has 1 unspecified atom stereocenters. The van der Waals surface area contributed by atoms with Gasteiger partial charge in [0, 0.05) is 12.6 Å². The van der Waals surface area contributed by atoms with Crippen LogP contribution in [0.25, 0.3) is 0 Å². The zero-order chi connectivity index (χ0) is 21.7. The summed E-state index contributed by atoms with van der Waals surface area (Å²) in [6.07, 6.45) is 2.22. The molecule has 0 aliphatic rings. The molecule has 1 amide bonds. The standard InChI is InChI=1S/C22H22FNO5S/c1-3-16(2)24(22(25)21-5-4-14-28-21)15-17-6-10-19(11-7-17)29-30(26,27)20-12-8-18(23)9-13-20/h4-14,16H,3,15H2,1-2H3.